The molecule has 2 heterocycles. The standard InChI is InChI=1S/C14H14ClNO3S/c1-4-19-11(17)6-5-9-8(2)16-14(15)13-12(9)10(18-3)7-20-13/h5-7H,4H2,1-3H3/b6-5+. The van der Waals surface area contributed by atoms with E-state index in [9.17, 15) is 4.79 Å². The minimum absolute atomic E-state index is 0.345. The smallest absolute Gasteiger partial charge is 0.330 e. The Hall–Kier alpha value is -1.59. The Bertz CT molecular complexity index is 679. The molecule has 6 heteroatoms. The number of methoxy groups -OCH3 is 1. The Morgan fingerprint density at radius 3 is 2.95 bits per heavy atom. The van der Waals surface area contributed by atoms with Gasteiger partial charge < -0.3 is 9.47 Å². The Balaban J connectivity index is 2.56. The molecular weight excluding hydrogens is 298 g/mol. The number of hydrogen-bond acceptors (Lipinski definition) is 5. The van der Waals surface area contributed by atoms with E-state index in [1.54, 1.807) is 20.1 Å². The van der Waals surface area contributed by atoms with Crippen LogP contribution in [0.2, 0.25) is 5.15 Å². The van der Waals surface area contributed by atoms with Crippen molar-refractivity contribution in [2.24, 2.45) is 0 Å². The molecule has 0 saturated carbocycles. The van der Waals surface area contributed by atoms with Crippen molar-refractivity contribution in [1.82, 2.24) is 4.98 Å². The Kier molecular flexibility index (Phi) is 4.62. The zero-order valence-electron chi connectivity index (χ0n) is 11.4. The van der Waals surface area contributed by atoms with Crippen molar-refractivity contribution in [3.8, 4) is 5.75 Å². The van der Waals surface area contributed by atoms with Crippen LogP contribution in [0.3, 0.4) is 0 Å². The number of esters is 1. The van der Waals surface area contributed by atoms with E-state index in [4.69, 9.17) is 21.1 Å². The molecule has 0 aliphatic heterocycles. The van der Waals surface area contributed by atoms with Gasteiger partial charge in [0, 0.05) is 28.1 Å². The first-order valence-corrected chi connectivity index (χ1v) is 7.30. The van der Waals surface area contributed by atoms with Gasteiger partial charge in [0.1, 0.15) is 10.9 Å². The second kappa shape index (κ2) is 6.24. The number of hydrogen-bond donors (Lipinski definition) is 0. The summed E-state index contributed by atoms with van der Waals surface area (Å²) in [5.74, 6) is 0.338. The third-order valence-electron chi connectivity index (χ3n) is 2.76. The lowest BCUT2D eigenvalue weighted by atomic mass is 10.1. The molecule has 0 bridgehead atoms. The van der Waals surface area contributed by atoms with E-state index in [2.05, 4.69) is 4.98 Å². The van der Waals surface area contributed by atoms with Gasteiger partial charge in [0.25, 0.3) is 0 Å². The number of pyridine rings is 1. The van der Waals surface area contributed by atoms with Crippen LogP contribution in [0.5, 0.6) is 5.75 Å². The molecule has 0 amide bonds. The molecule has 4 nitrogen and oxygen atoms in total. The van der Waals surface area contributed by atoms with Gasteiger partial charge in [-0.05, 0) is 19.9 Å². The molecule has 0 aliphatic carbocycles. The monoisotopic (exact) mass is 311 g/mol. The van der Waals surface area contributed by atoms with Crippen LogP contribution in [-0.4, -0.2) is 24.7 Å². The number of aryl methyl sites for hydroxylation is 1. The summed E-state index contributed by atoms with van der Waals surface area (Å²) in [4.78, 5) is 15.7. The topological polar surface area (TPSA) is 48.4 Å². The van der Waals surface area contributed by atoms with Gasteiger partial charge in [-0.15, -0.1) is 11.3 Å². The van der Waals surface area contributed by atoms with Crippen LogP contribution in [0.1, 0.15) is 18.2 Å². The third kappa shape index (κ3) is 2.78. The zero-order valence-corrected chi connectivity index (χ0v) is 13.0. The molecule has 20 heavy (non-hydrogen) atoms. The molecule has 0 N–H and O–H groups in total. The van der Waals surface area contributed by atoms with Gasteiger partial charge in [-0.1, -0.05) is 11.6 Å². The predicted molar refractivity (Wildman–Crippen MR) is 81.6 cm³/mol. The number of halogens is 1. The van der Waals surface area contributed by atoms with E-state index in [1.807, 2.05) is 12.3 Å². The third-order valence-corrected chi connectivity index (χ3v) is 4.11. The molecule has 0 atom stereocenters. The maximum Gasteiger partial charge on any atom is 0.330 e. The molecule has 0 fully saturated rings. The summed E-state index contributed by atoms with van der Waals surface area (Å²) in [5.41, 5.74) is 1.55. The molecule has 0 aromatic carbocycles. The van der Waals surface area contributed by atoms with E-state index in [-0.39, 0.29) is 5.97 Å². The Morgan fingerprint density at radius 1 is 1.55 bits per heavy atom. The van der Waals surface area contributed by atoms with Crippen LogP contribution in [0.4, 0.5) is 0 Å². The summed E-state index contributed by atoms with van der Waals surface area (Å²) in [5, 5.41) is 3.19. The summed E-state index contributed by atoms with van der Waals surface area (Å²) >= 11 is 7.61. The van der Waals surface area contributed by atoms with Gasteiger partial charge >= 0.3 is 5.97 Å². The fraction of sp³-hybridized carbons (Fsp3) is 0.286. The van der Waals surface area contributed by atoms with Crippen molar-refractivity contribution >= 4 is 45.1 Å². The van der Waals surface area contributed by atoms with Gasteiger partial charge in [0.05, 0.1) is 18.4 Å². The van der Waals surface area contributed by atoms with Crippen LogP contribution in [-0.2, 0) is 9.53 Å². The molecule has 0 unspecified atom stereocenters. The minimum Gasteiger partial charge on any atom is -0.495 e. The highest BCUT2D eigenvalue weighted by molar-refractivity contribution is 7.18. The number of thiophene rings is 1. The van der Waals surface area contributed by atoms with Crippen molar-refractivity contribution in [3.05, 3.63) is 27.9 Å². The molecular formula is C14H14ClNO3S. The molecule has 0 radical (unpaired) electrons. The van der Waals surface area contributed by atoms with Crippen LogP contribution in [0.15, 0.2) is 11.5 Å². The largest absolute Gasteiger partial charge is 0.495 e. The first-order chi connectivity index (χ1) is 9.58. The normalized spacial score (nSPS) is 11.2. The average molecular weight is 312 g/mol. The van der Waals surface area contributed by atoms with E-state index < -0.39 is 0 Å². The van der Waals surface area contributed by atoms with Gasteiger partial charge in [0.15, 0.2) is 0 Å². The van der Waals surface area contributed by atoms with Gasteiger partial charge in [-0.3, -0.25) is 0 Å². The molecule has 0 aliphatic rings. The van der Waals surface area contributed by atoms with Crippen molar-refractivity contribution in [3.63, 3.8) is 0 Å². The summed E-state index contributed by atoms with van der Waals surface area (Å²) in [6.07, 6.45) is 3.08. The summed E-state index contributed by atoms with van der Waals surface area (Å²) in [6, 6.07) is 0. The second-order valence-electron chi connectivity index (χ2n) is 4.00. The number of ether oxygens (including phenoxy) is 2. The quantitative estimate of drug-likeness (QED) is 0.489. The number of carbonyl (C=O) groups is 1. The van der Waals surface area contributed by atoms with Crippen molar-refractivity contribution in [1.29, 1.82) is 0 Å². The van der Waals surface area contributed by atoms with E-state index in [0.29, 0.717) is 11.8 Å². The zero-order chi connectivity index (χ0) is 14.7. The molecule has 0 spiro atoms. The first-order valence-electron chi connectivity index (χ1n) is 6.04. The SMILES string of the molecule is CCOC(=O)/C=C/c1c(C)nc(Cl)c2scc(OC)c12. The molecule has 0 saturated heterocycles. The van der Waals surface area contributed by atoms with Crippen LogP contribution in [0.25, 0.3) is 16.2 Å². The lowest BCUT2D eigenvalue weighted by Gasteiger charge is -2.06. The van der Waals surface area contributed by atoms with Gasteiger partial charge in [0.2, 0.25) is 0 Å². The summed E-state index contributed by atoms with van der Waals surface area (Å²) in [7, 11) is 1.60. The Labute approximate surface area is 126 Å². The maximum absolute atomic E-state index is 11.4. The van der Waals surface area contributed by atoms with Gasteiger partial charge in [-0.2, -0.15) is 0 Å². The van der Waals surface area contributed by atoms with Crippen LogP contribution < -0.4 is 4.74 Å². The number of carbonyl (C=O) groups excluding carboxylic acids is 1. The molecule has 2 aromatic heterocycles. The number of fused-ring (bicyclic) bond motifs is 1. The Morgan fingerprint density at radius 2 is 2.30 bits per heavy atom. The average Bonchev–Trinajstić information content (AvgIpc) is 2.83. The number of nitrogens with zero attached hydrogens (tertiary/aromatic N) is 1. The lowest BCUT2D eigenvalue weighted by molar-refractivity contribution is -0.137. The van der Waals surface area contributed by atoms with Gasteiger partial charge in [-0.25, -0.2) is 9.78 Å². The summed E-state index contributed by atoms with van der Waals surface area (Å²) in [6.45, 7) is 3.95. The second-order valence-corrected chi connectivity index (χ2v) is 5.23. The lowest BCUT2D eigenvalue weighted by Crippen LogP contribution is -1.99. The number of rotatable bonds is 4. The van der Waals surface area contributed by atoms with E-state index in [1.165, 1.54) is 17.4 Å². The highest BCUT2D eigenvalue weighted by Crippen LogP contribution is 2.39. The highest BCUT2D eigenvalue weighted by Gasteiger charge is 2.15. The minimum atomic E-state index is -0.385. The maximum atomic E-state index is 11.4. The highest BCUT2D eigenvalue weighted by atomic mass is 35.5. The van der Waals surface area contributed by atoms with Crippen molar-refractivity contribution in [2.45, 2.75) is 13.8 Å². The predicted octanol–water partition coefficient (Wildman–Crippen LogP) is 3.84. The summed E-state index contributed by atoms with van der Waals surface area (Å²) < 4.78 is 11.1. The fourth-order valence-corrected chi connectivity index (χ4v) is 3.15. The molecule has 106 valence electrons. The van der Waals surface area contributed by atoms with E-state index >= 15 is 0 Å². The van der Waals surface area contributed by atoms with E-state index in [0.717, 1.165) is 27.1 Å². The van der Waals surface area contributed by atoms with Crippen LogP contribution >= 0.6 is 22.9 Å². The molecule has 2 rings (SSSR count). The fourth-order valence-electron chi connectivity index (χ4n) is 1.88. The number of aromatic nitrogens is 1. The van der Waals surface area contributed by atoms with Crippen molar-refractivity contribution < 1.29 is 14.3 Å². The van der Waals surface area contributed by atoms with Crippen LogP contribution in [0, 0.1) is 6.92 Å². The van der Waals surface area contributed by atoms with Crippen molar-refractivity contribution in [2.75, 3.05) is 13.7 Å². The first kappa shape index (κ1) is 14.8. The molecule has 2 aromatic rings.